The summed E-state index contributed by atoms with van der Waals surface area (Å²) in [6.07, 6.45) is -7.57. The number of carboxylic acids is 3. The van der Waals surface area contributed by atoms with Gasteiger partial charge in [0.15, 0.2) is 0 Å². The number of nitrogens with zero attached hydrogens (tertiary/aromatic N) is 8. The van der Waals surface area contributed by atoms with Gasteiger partial charge < -0.3 is 34.0 Å². The number of hydrogen-bond acceptors (Lipinski definition) is 11. The van der Waals surface area contributed by atoms with E-state index in [0.29, 0.717) is 17.0 Å². The van der Waals surface area contributed by atoms with E-state index in [0.717, 1.165) is 130 Å². The minimum atomic E-state index is -4.47. The maximum absolute atomic E-state index is 13.2. The molecule has 31 heteroatoms. The summed E-state index contributed by atoms with van der Waals surface area (Å²) in [7, 11) is 0. The summed E-state index contributed by atoms with van der Waals surface area (Å²) in [5.74, 6) is -4.81. The van der Waals surface area contributed by atoms with Crippen LogP contribution in [0.15, 0.2) is 349 Å². The molecular weight excluding hydrogens is 2210 g/mol. The average Bonchev–Trinajstić information content (AvgIpc) is 0.769. The summed E-state index contributed by atoms with van der Waals surface area (Å²) < 4.78 is 143. The summed E-state index contributed by atoms with van der Waals surface area (Å²) in [6, 6.07) is 92.5. The van der Waals surface area contributed by atoms with E-state index in [2.05, 4.69) is 57.4 Å². The van der Waals surface area contributed by atoms with Crippen LogP contribution in [-0.4, -0.2) is 71.8 Å². The number of pyridine rings is 4. The van der Waals surface area contributed by atoms with Gasteiger partial charge in [0, 0.05) is 102 Å². The van der Waals surface area contributed by atoms with Crippen LogP contribution in [0.1, 0.15) is 64.5 Å². The van der Waals surface area contributed by atoms with Crippen molar-refractivity contribution in [3.63, 3.8) is 0 Å². The molecular formula is C97H64F11Ir3N8O9-3. The molecule has 0 atom stereocenters. The van der Waals surface area contributed by atoms with Crippen molar-refractivity contribution in [2.45, 2.75) is 38.2 Å². The van der Waals surface area contributed by atoms with E-state index < -0.39 is 86.5 Å². The molecule has 653 valence electrons. The predicted octanol–water partition coefficient (Wildman–Crippen LogP) is 21.3. The molecule has 3 N–H and O–H groups in total. The average molecular weight is 2270 g/mol. The predicted molar refractivity (Wildman–Crippen MR) is 449 cm³/mol. The van der Waals surface area contributed by atoms with Crippen LogP contribution in [0.5, 0.6) is 0 Å². The van der Waals surface area contributed by atoms with Crippen molar-refractivity contribution in [1.82, 2.24) is 38.6 Å². The third kappa shape index (κ3) is 25.8. The first kappa shape index (κ1) is 97.7. The minimum Gasteiger partial charge on any atom is -0.477 e. The second-order valence-corrected chi connectivity index (χ2v) is 27.1. The molecule has 3 radical (unpaired) electrons. The summed E-state index contributed by atoms with van der Waals surface area (Å²) in [5.41, 5.74) is 6.41. The van der Waals surface area contributed by atoms with Gasteiger partial charge in [0.25, 0.3) is 16.7 Å². The van der Waals surface area contributed by atoms with Gasteiger partial charge in [-0.2, -0.15) is 39.5 Å². The molecule has 6 aromatic heterocycles. The van der Waals surface area contributed by atoms with Crippen LogP contribution in [0, 0.1) is 29.8 Å². The number of carbonyl (C=O) groups is 3. The van der Waals surface area contributed by atoms with Crippen molar-refractivity contribution in [3.8, 4) is 56.3 Å². The van der Waals surface area contributed by atoms with Gasteiger partial charge in [0.2, 0.25) is 0 Å². The minimum absolute atomic E-state index is 0. The summed E-state index contributed by atoms with van der Waals surface area (Å²) in [5, 5.41) is 28.9. The number of aromatic carboxylic acids is 3. The van der Waals surface area contributed by atoms with Crippen LogP contribution in [0.4, 0.5) is 48.3 Å². The van der Waals surface area contributed by atoms with Crippen molar-refractivity contribution >= 4 is 50.7 Å². The Kier molecular flexibility index (Phi) is 34.1. The number of para-hydroxylation sites is 4. The molecule has 0 unspecified atom stereocenters. The van der Waals surface area contributed by atoms with E-state index in [9.17, 15) is 77.1 Å². The summed E-state index contributed by atoms with van der Waals surface area (Å²) in [4.78, 5) is 91.6. The Morgan fingerprint density at radius 2 is 0.672 bits per heavy atom. The van der Waals surface area contributed by atoms with Gasteiger partial charge in [-0.05, 0) is 160 Å². The van der Waals surface area contributed by atoms with Gasteiger partial charge in [-0.15, -0.1) is 102 Å². The Hall–Kier alpha value is -14.1. The number of alkyl halides is 9. The van der Waals surface area contributed by atoms with Crippen LogP contribution in [0.2, 0.25) is 0 Å². The van der Waals surface area contributed by atoms with E-state index in [1.54, 1.807) is 18.2 Å². The second kappa shape index (κ2) is 44.7. The topological polar surface area (TPSA) is 242 Å². The Balaban J connectivity index is 0.000000173. The Morgan fingerprint density at radius 1 is 0.328 bits per heavy atom. The molecule has 0 saturated carbocycles. The summed E-state index contributed by atoms with van der Waals surface area (Å²) in [6.45, 7) is -0.405. The third-order valence-corrected chi connectivity index (χ3v) is 18.5. The molecule has 0 aliphatic rings. The van der Waals surface area contributed by atoms with E-state index in [1.165, 1.54) is 108 Å². The molecule has 0 spiro atoms. The molecule has 17 aromatic rings. The number of aromatic nitrogens is 8. The fourth-order valence-electron chi connectivity index (χ4n) is 12.6. The first-order valence-electron chi connectivity index (χ1n) is 37.5. The van der Waals surface area contributed by atoms with E-state index >= 15 is 0 Å². The number of rotatable bonds is 14. The second-order valence-electron chi connectivity index (χ2n) is 27.1. The zero-order chi connectivity index (χ0) is 89.0. The first-order valence-corrected chi connectivity index (χ1v) is 37.5. The molecule has 0 aliphatic heterocycles. The number of benzene rings is 11. The van der Waals surface area contributed by atoms with Gasteiger partial charge >= 0.3 is 36.4 Å². The molecule has 17 rings (SSSR count). The Morgan fingerprint density at radius 3 is 1.04 bits per heavy atom. The molecule has 0 saturated heterocycles. The van der Waals surface area contributed by atoms with Crippen molar-refractivity contribution in [1.29, 1.82) is 0 Å². The smallest absolute Gasteiger partial charge is 0.416 e. The standard InChI is InChI=1S/C20H11F2N2.C20H13N2.C15H10N.3C14H10F3NO3.3Ir/c21-15-9-5-13(6-10-15)19-20(14-7-11-16(22)12-8-14)24-18-4-2-1-3-17(18)23-19;1-3-9-15(10-4-1)19-20(16-11-5-2-6-12-16)22-18-14-8-7-13-17(18)21-19;1-2-7-13(8-3-1)15-14-9-5-4-6-12(14)10-11-16-15;3*15-14(16,17)10-4-1-3-9(7-10)8-18-6-2-5-11(12(18)19)13(20)21;;;/h1-7,9-12H;1-11,13-14H;1-7,9-11H;3*1-7H,8H2,(H,20,21);;;/q3*-1;;;;;;. The van der Waals surface area contributed by atoms with Crippen LogP contribution < -0.4 is 16.7 Å². The quantitative estimate of drug-likeness (QED) is 0.0678. The van der Waals surface area contributed by atoms with E-state index in [-0.39, 0.29) is 108 Å². The van der Waals surface area contributed by atoms with Crippen molar-refractivity contribution < 1.29 is 138 Å². The molecule has 17 nitrogen and oxygen atoms in total. The van der Waals surface area contributed by atoms with E-state index in [4.69, 9.17) is 25.3 Å². The molecule has 0 aliphatic carbocycles. The molecule has 11 aromatic carbocycles. The van der Waals surface area contributed by atoms with Crippen molar-refractivity contribution in [3.05, 3.63) is 445 Å². The normalized spacial score (nSPS) is 10.8. The van der Waals surface area contributed by atoms with E-state index in [1.807, 2.05) is 140 Å². The number of carboxylic acid groups (broad SMARTS) is 3. The van der Waals surface area contributed by atoms with Gasteiger partial charge in [-0.25, -0.2) is 18.8 Å². The Bertz CT molecular complexity index is 6430. The first-order chi connectivity index (χ1) is 59.9. The zero-order valence-corrected chi connectivity index (χ0v) is 73.1. The molecule has 0 amide bonds. The third-order valence-electron chi connectivity index (χ3n) is 18.5. The van der Waals surface area contributed by atoms with Crippen LogP contribution >= 0.6 is 0 Å². The maximum Gasteiger partial charge on any atom is 0.416 e. The Labute approximate surface area is 762 Å². The van der Waals surface area contributed by atoms with Gasteiger partial charge in [-0.3, -0.25) is 38.7 Å². The fraction of sp³-hybridized carbons (Fsp3) is 0.0619. The van der Waals surface area contributed by atoms with Crippen LogP contribution in [0.3, 0.4) is 0 Å². The fourth-order valence-corrected chi connectivity index (χ4v) is 12.6. The molecule has 128 heavy (non-hydrogen) atoms. The monoisotopic (exact) mass is 2270 g/mol. The number of hydrogen-bond donors (Lipinski definition) is 3. The molecule has 6 heterocycles. The number of fused-ring (bicyclic) bond motifs is 3. The molecule has 0 fully saturated rings. The van der Waals surface area contributed by atoms with Crippen molar-refractivity contribution in [2.24, 2.45) is 0 Å². The summed E-state index contributed by atoms with van der Waals surface area (Å²) >= 11 is 0. The number of halogens is 11. The largest absolute Gasteiger partial charge is 0.477 e. The van der Waals surface area contributed by atoms with Crippen LogP contribution in [-0.2, 0) is 98.5 Å². The van der Waals surface area contributed by atoms with Gasteiger partial charge in [0.1, 0.15) is 22.5 Å². The zero-order valence-electron chi connectivity index (χ0n) is 65.9. The van der Waals surface area contributed by atoms with Gasteiger partial charge in [-0.1, -0.05) is 127 Å². The maximum atomic E-state index is 13.2. The van der Waals surface area contributed by atoms with Gasteiger partial charge in [0.05, 0.1) is 69.8 Å². The van der Waals surface area contributed by atoms with Crippen LogP contribution in [0.25, 0.3) is 89.1 Å². The SMILES string of the molecule is Fc1c[c-]c(-c2nc3ccccc3nc2-c2ccc(F)cc2)cc1.O=C(O)c1cccn(Cc2cccc(C(F)(F)F)c2)c1=O.O=C(O)c1cccn(Cc2cccc(C(F)(F)F)c2)c1=O.O=C(O)c1cccn(Cc2cccc(C(F)(F)F)c2)c1=O.[Ir].[Ir].[Ir].[c-]1ccccc1-c1nc2ccccc2nc1-c1ccccc1.[c-]1ccccc1-c1nccc2ccccc12. The molecule has 0 bridgehead atoms. The van der Waals surface area contributed by atoms with Crippen molar-refractivity contribution in [2.75, 3.05) is 0 Å².